The Morgan fingerprint density at radius 2 is 0.975 bits per heavy atom. The van der Waals surface area contributed by atoms with Gasteiger partial charge >= 0.3 is 23.9 Å². The topological polar surface area (TPSA) is 171 Å². The quantitative estimate of drug-likeness (QED) is 0.272. The SMILES string of the molecule is CC(C(=O)O)N1CCN(C(C)C(=O)O)CCN(C(COCc2ccccc2)C(=O)O)CCN(C(C)C(=O)O)CC1. The van der Waals surface area contributed by atoms with Gasteiger partial charge in [0, 0.05) is 52.4 Å². The lowest BCUT2D eigenvalue weighted by atomic mass is 10.2. The minimum atomic E-state index is -1.10. The number of carbonyl (C=O) groups is 4. The molecule has 40 heavy (non-hydrogen) atoms. The molecule has 0 amide bonds. The molecule has 1 aromatic rings. The van der Waals surface area contributed by atoms with Gasteiger partial charge in [-0.3, -0.25) is 38.8 Å². The fourth-order valence-corrected chi connectivity index (χ4v) is 4.61. The minimum Gasteiger partial charge on any atom is -0.480 e. The molecule has 4 atom stereocenters. The van der Waals surface area contributed by atoms with Gasteiger partial charge in [-0.1, -0.05) is 30.3 Å². The first-order chi connectivity index (χ1) is 18.9. The molecule has 0 aliphatic carbocycles. The molecule has 0 aromatic heterocycles. The Bertz CT molecular complexity index is 944. The van der Waals surface area contributed by atoms with Crippen molar-refractivity contribution in [3.05, 3.63) is 35.9 Å². The van der Waals surface area contributed by atoms with Crippen LogP contribution < -0.4 is 0 Å². The Hall–Kier alpha value is -3.10. The van der Waals surface area contributed by atoms with Crippen LogP contribution in [0, 0.1) is 0 Å². The van der Waals surface area contributed by atoms with Crippen LogP contribution in [0.2, 0.25) is 0 Å². The average Bonchev–Trinajstić information content (AvgIpc) is 2.91. The van der Waals surface area contributed by atoms with Crippen molar-refractivity contribution >= 4 is 23.9 Å². The second-order valence-corrected chi connectivity index (χ2v) is 10.0. The van der Waals surface area contributed by atoms with Crippen molar-refractivity contribution in [2.24, 2.45) is 0 Å². The third-order valence-corrected chi connectivity index (χ3v) is 7.53. The maximum atomic E-state index is 12.3. The number of nitrogens with zero attached hydrogens (tertiary/aromatic N) is 4. The summed E-state index contributed by atoms with van der Waals surface area (Å²) in [6, 6.07) is 5.67. The van der Waals surface area contributed by atoms with Gasteiger partial charge in [-0.2, -0.15) is 0 Å². The number of hydrogen-bond donors (Lipinski definition) is 4. The lowest BCUT2D eigenvalue weighted by Gasteiger charge is -2.38. The van der Waals surface area contributed by atoms with Crippen molar-refractivity contribution < 1.29 is 44.3 Å². The number of carboxylic acid groups (broad SMARTS) is 4. The molecule has 13 nitrogen and oxygen atoms in total. The molecule has 4 unspecified atom stereocenters. The molecule has 1 fully saturated rings. The van der Waals surface area contributed by atoms with Crippen LogP contribution in [0.3, 0.4) is 0 Å². The summed E-state index contributed by atoms with van der Waals surface area (Å²) in [4.78, 5) is 54.5. The molecular formula is C27H42N4O9. The van der Waals surface area contributed by atoms with Crippen molar-refractivity contribution in [1.29, 1.82) is 0 Å². The van der Waals surface area contributed by atoms with E-state index in [-0.39, 0.29) is 65.6 Å². The average molecular weight is 567 g/mol. The van der Waals surface area contributed by atoms with Gasteiger partial charge < -0.3 is 25.2 Å². The third-order valence-electron chi connectivity index (χ3n) is 7.53. The number of aliphatic carboxylic acids is 4. The van der Waals surface area contributed by atoms with Crippen molar-refractivity contribution in [3.63, 3.8) is 0 Å². The maximum absolute atomic E-state index is 12.3. The zero-order chi connectivity index (χ0) is 29.8. The summed E-state index contributed by atoms with van der Waals surface area (Å²) >= 11 is 0. The Balaban J connectivity index is 2.31. The molecule has 1 aromatic carbocycles. The number of ether oxygens (including phenoxy) is 1. The van der Waals surface area contributed by atoms with Crippen molar-refractivity contribution in [2.45, 2.75) is 51.5 Å². The molecule has 0 spiro atoms. The third kappa shape index (κ3) is 10.1. The molecule has 1 aliphatic heterocycles. The molecule has 0 bridgehead atoms. The molecule has 1 heterocycles. The zero-order valence-corrected chi connectivity index (χ0v) is 23.4. The highest BCUT2D eigenvalue weighted by molar-refractivity contribution is 5.74. The second kappa shape index (κ2) is 16.2. The molecule has 13 heteroatoms. The highest BCUT2D eigenvalue weighted by atomic mass is 16.5. The van der Waals surface area contributed by atoms with E-state index in [9.17, 15) is 39.6 Å². The molecule has 2 rings (SSSR count). The summed E-state index contributed by atoms with van der Waals surface area (Å²) in [5, 5.41) is 39.1. The zero-order valence-electron chi connectivity index (χ0n) is 23.4. The van der Waals surface area contributed by atoms with Gasteiger partial charge in [-0.05, 0) is 26.3 Å². The van der Waals surface area contributed by atoms with Crippen LogP contribution >= 0.6 is 0 Å². The fourth-order valence-electron chi connectivity index (χ4n) is 4.61. The smallest absolute Gasteiger partial charge is 0.323 e. The summed E-state index contributed by atoms with van der Waals surface area (Å²) in [6.45, 7) is 6.46. The van der Waals surface area contributed by atoms with Gasteiger partial charge in [0.25, 0.3) is 0 Å². The predicted molar refractivity (Wildman–Crippen MR) is 145 cm³/mol. The van der Waals surface area contributed by atoms with Crippen LogP contribution in [0.15, 0.2) is 30.3 Å². The highest BCUT2D eigenvalue weighted by Crippen LogP contribution is 2.12. The standard InChI is InChI=1S/C27H42N4O9/c1-19(24(32)33)28-9-11-29(20(2)25(34)35)13-15-31(16-14-30(12-10-28)21(3)26(36)37)23(27(38)39)18-40-17-22-7-5-4-6-8-22/h4-8,19-21,23H,9-18H2,1-3H3,(H,32,33)(H,34,35)(H,36,37)(H,38,39). The van der Waals surface area contributed by atoms with E-state index in [1.54, 1.807) is 26.5 Å². The van der Waals surface area contributed by atoms with E-state index < -0.39 is 48.0 Å². The number of benzene rings is 1. The Morgan fingerprint density at radius 3 is 1.30 bits per heavy atom. The van der Waals surface area contributed by atoms with Crippen LogP contribution in [0.1, 0.15) is 26.3 Å². The molecular weight excluding hydrogens is 524 g/mol. The van der Waals surface area contributed by atoms with Gasteiger partial charge in [0.1, 0.15) is 24.2 Å². The molecule has 0 saturated carbocycles. The van der Waals surface area contributed by atoms with E-state index in [0.29, 0.717) is 0 Å². The predicted octanol–water partition coefficient (Wildman–Crippen LogP) is 0.297. The first-order valence-corrected chi connectivity index (χ1v) is 13.4. The van der Waals surface area contributed by atoms with Crippen LogP contribution in [-0.2, 0) is 30.5 Å². The minimum absolute atomic E-state index is 0.114. The van der Waals surface area contributed by atoms with E-state index in [4.69, 9.17) is 4.74 Å². The Morgan fingerprint density at radius 1 is 0.625 bits per heavy atom. The number of hydrogen-bond acceptors (Lipinski definition) is 9. The first-order valence-electron chi connectivity index (χ1n) is 13.4. The van der Waals surface area contributed by atoms with E-state index in [2.05, 4.69) is 0 Å². The maximum Gasteiger partial charge on any atom is 0.323 e. The van der Waals surface area contributed by atoms with Crippen molar-refractivity contribution in [2.75, 3.05) is 59.0 Å². The summed E-state index contributed by atoms with van der Waals surface area (Å²) in [7, 11) is 0. The second-order valence-electron chi connectivity index (χ2n) is 10.0. The summed E-state index contributed by atoms with van der Waals surface area (Å²) in [5.74, 6) is -4.22. The van der Waals surface area contributed by atoms with Gasteiger partial charge in [-0.25, -0.2) is 0 Å². The van der Waals surface area contributed by atoms with Crippen molar-refractivity contribution in [3.8, 4) is 0 Å². The van der Waals surface area contributed by atoms with Gasteiger partial charge in [0.2, 0.25) is 0 Å². The van der Waals surface area contributed by atoms with E-state index in [1.165, 1.54) is 13.8 Å². The Kier molecular flexibility index (Phi) is 13.4. The lowest BCUT2D eigenvalue weighted by molar-refractivity contribution is -0.148. The fraction of sp³-hybridized carbons (Fsp3) is 0.630. The van der Waals surface area contributed by atoms with Gasteiger partial charge in [0.05, 0.1) is 13.2 Å². The monoisotopic (exact) mass is 566 g/mol. The van der Waals surface area contributed by atoms with Gasteiger partial charge in [-0.15, -0.1) is 0 Å². The molecule has 224 valence electrons. The number of carboxylic acids is 4. The van der Waals surface area contributed by atoms with Crippen LogP contribution in [0.25, 0.3) is 0 Å². The summed E-state index contributed by atoms with van der Waals surface area (Å²) < 4.78 is 5.76. The van der Waals surface area contributed by atoms with Crippen LogP contribution in [0.4, 0.5) is 0 Å². The molecule has 1 saturated heterocycles. The van der Waals surface area contributed by atoms with Gasteiger partial charge in [0.15, 0.2) is 0 Å². The first kappa shape index (κ1) is 33.1. The number of rotatable bonds is 12. The van der Waals surface area contributed by atoms with E-state index >= 15 is 0 Å². The van der Waals surface area contributed by atoms with E-state index in [0.717, 1.165) is 5.56 Å². The Labute approximate surface area is 234 Å². The van der Waals surface area contributed by atoms with Crippen LogP contribution in [0.5, 0.6) is 0 Å². The van der Waals surface area contributed by atoms with E-state index in [1.807, 2.05) is 30.3 Å². The summed E-state index contributed by atoms with van der Waals surface area (Å²) in [6.07, 6.45) is 0. The van der Waals surface area contributed by atoms with Crippen molar-refractivity contribution in [1.82, 2.24) is 19.6 Å². The largest absolute Gasteiger partial charge is 0.480 e. The molecule has 1 aliphatic rings. The lowest BCUT2D eigenvalue weighted by Crippen LogP contribution is -2.56. The molecule has 0 radical (unpaired) electrons. The normalized spacial score (nSPS) is 20.4. The highest BCUT2D eigenvalue weighted by Gasteiger charge is 2.32. The molecule has 4 N–H and O–H groups in total. The summed E-state index contributed by atoms with van der Waals surface area (Å²) in [5.41, 5.74) is 0.892. The van der Waals surface area contributed by atoms with Crippen LogP contribution in [-0.4, -0.2) is 147 Å².